The van der Waals surface area contributed by atoms with Crippen LogP contribution in [0.5, 0.6) is 0 Å². The molecule has 0 unspecified atom stereocenters. The molecule has 0 saturated heterocycles. The number of rotatable bonds is 10. The van der Waals surface area contributed by atoms with E-state index in [-0.39, 0.29) is 29.7 Å². The number of nitrogens with one attached hydrogen (secondary N) is 2. The monoisotopic (exact) mass is 506 g/mol. The summed E-state index contributed by atoms with van der Waals surface area (Å²) in [4.78, 5) is 27.0. The molecule has 0 aliphatic heterocycles. The minimum absolute atomic E-state index is 0.129. The number of hydrogen-bond donors (Lipinski definition) is 2. The zero-order valence-electron chi connectivity index (χ0n) is 20.4. The summed E-state index contributed by atoms with van der Waals surface area (Å²) in [5, 5.41) is 5.40. The highest BCUT2D eigenvalue weighted by molar-refractivity contribution is 5.91. The van der Waals surface area contributed by atoms with Crippen LogP contribution in [0.15, 0.2) is 83.4 Å². The van der Waals surface area contributed by atoms with E-state index in [2.05, 4.69) is 10.6 Å². The van der Waals surface area contributed by atoms with Gasteiger partial charge in [-0.3, -0.25) is 4.79 Å². The van der Waals surface area contributed by atoms with Gasteiger partial charge in [0, 0.05) is 25.0 Å². The van der Waals surface area contributed by atoms with Gasteiger partial charge in [-0.25, -0.2) is 13.6 Å². The fraction of sp³-hybridized carbons (Fsp3) is 0.214. The molecule has 9 heteroatoms. The molecule has 0 aliphatic carbocycles. The second-order valence-corrected chi connectivity index (χ2v) is 8.53. The first-order valence-electron chi connectivity index (χ1n) is 12.0. The Morgan fingerprint density at radius 2 is 1.76 bits per heavy atom. The fourth-order valence-corrected chi connectivity index (χ4v) is 3.85. The van der Waals surface area contributed by atoms with Gasteiger partial charge in [-0.15, -0.1) is 0 Å². The first-order valence-corrected chi connectivity index (χ1v) is 12.0. The number of furan rings is 1. The van der Waals surface area contributed by atoms with E-state index < -0.39 is 11.8 Å². The smallest absolute Gasteiger partial charge is 0.322 e. The Morgan fingerprint density at radius 3 is 2.51 bits per heavy atom. The van der Waals surface area contributed by atoms with Crippen molar-refractivity contribution in [2.24, 2.45) is 0 Å². The van der Waals surface area contributed by atoms with E-state index in [1.54, 1.807) is 41.3 Å². The van der Waals surface area contributed by atoms with Crippen LogP contribution in [0.3, 0.4) is 0 Å². The summed E-state index contributed by atoms with van der Waals surface area (Å²) in [7, 11) is 0. The average Bonchev–Trinajstić information content (AvgIpc) is 3.54. The minimum atomic E-state index is -0.494. The lowest BCUT2D eigenvalue weighted by Crippen LogP contribution is -2.36. The van der Waals surface area contributed by atoms with E-state index in [0.29, 0.717) is 25.4 Å². The predicted molar refractivity (Wildman–Crippen MR) is 136 cm³/mol. The molecule has 4 aromatic rings. The van der Waals surface area contributed by atoms with Crippen LogP contribution in [-0.4, -0.2) is 28.0 Å². The summed E-state index contributed by atoms with van der Waals surface area (Å²) in [6.45, 7) is 3.38. The second-order valence-electron chi connectivity index (χ2n) is 8.53. The molecule has 0 fully saturated rings. The highest BCUT2D eigenvalue weighted by Gasteiger charge is 2.18. The number of carbonyl (C=O) groups excluding carboxylic acids is 2. The van der Waals surface area contributed by atoms with Crippen LogP contribution in [0.4, 0.5) is 19.3 Å². The number of anilines is 1. The van der Waals surface area contributed by atoms with Crippen molar-refractivity contribution >= 4 is 17.6 Å². The molecule has 0 bridgehead atoms. The fourth-order valence-electron chi connectivity index (χ4n) is 3.85. The molecule has 0 atom stereocenters. The number of aromatic nitrogens is 1. The Balaban J connectivity index is 1.38. The summed E-state index contributed by atoms with van der Waals surface area (Å²) in [6, 6.07) is 18.6. The Morgan fingerprint density at radius 1 is 0.973 bits per heavy atom. The van der Waals surface area contributed by atoms with Crippen LogP contribution in [0.25, 0.3) is 0 Å². The zero-order chi connectivity index (χ0) is 26.2. The van der Waals surface area contributed by atoms with Crippen molar-refractivity contribution in [2.45, 2.75) is 33.0 Å². The molecule has 2 N–H and O–H groups in total. The minimum Gasteiger partial charge on any atom is -0.454 e. The number of para-hydroxylation sites is 1. The van der Waals surface area contributed by atoms with Crippen molar-refractivity contribution in [3.05, 3.63) is 113 Å². The van der Waals surface area contributed by atoms with E-state index >= 15 is 0 Å². The highest BCUT2D eigenvalue weighted by atomic mass is 19.1. The second kappa shape index (κ2) is 12.0. The van der Waals surface area contributed by atoms with Gasteiger partial charge in [-0.1, -0.05) is 31.2 Å². The number of halogens is 2. The van der Waals surface area contributed by atoms with Gasteiger partial charge in [0.25, 0.3) is 5.91 Å². The third-order valence-corrected chi connectivity index (χ3v) is 5.75. The van der Waals surface area contributed by atoms with Gasteiger partial charge in [0.2, 0.25) is 0 Å². The van der Waals surface area contributed by atoms with Gasteiger partial charge < -0.3 is 24.5 Å². The van der Waals surface area contributed by atoms with Crippen LogP contribution in [-0.2, 0) is 19.6 Å². The van der Waals surface area contributed by atoms with Gasteiger partial charge >= 0.3 is 6.03 Å². The van der Waals surface area contributed by atoms with Crippen LogP contribution < -0.4 is 10.6 Å². The van der Waals surface area contributed by atoms with Crippen molar-refractivity contribution < 1.29 is 22.8 Å². The molecular formula is C28H28F2N4O3. The Kier molecular flexibility index (Phi) is 8.35. The Hall–Kier alpha value is -4.40. The van der Waals surface area contributed by atoms with Crippen molar-refractivity contribution in [1.82, 2.24) is 14.8 Å². The average molecular weight is 507 g/mol. The molecule has 0 saturated carbocycles. The van der Waals surface area contributed by atoms with Crippen LogP contribution >= 0.6 is 0 Å². The summed E-state index contributed by atoms with van der Waals surface area (Å²) >= 11 is 0. The number of hydrogen-bond acceptors (Lipinski definition) is 3. The molecule has 0 spiro atoms. The molecule has 2 aromatic carbocycles. The van der Waals surface area contributed by atoms with Gasteiger partial charge in [-0.05, 0) is 60.5 Å². The van der Waals surface area contributed by atoms with E-state index in [9.17, 15) is 18.4 Å². The maximum Gasteiger partial charge on any atom is 0.322 e. The van der Waals surface area contributed by atoms with Gasteiger partial charge in [-0.2, -0.15) is 0 Å². The standard InChI is InChI=1S/C28H28F2N4O3/c1-2-15-34(28(36)32-25-8-4-3-7-24(25)30)18-22-6-5-16-33(22)19-23-13-14-26(37-23)27(35)31-17-20-9-11-21(29)12-10-20/h3-14,16H,2,15,17-19H2,1H3,(H,31,35)(H,32,36). The SMILES string of the molecule is CCCN(Cc1cccn1Cc1ccc(C(=O)NCc2ccc(F)cc2)o1)C(=O)Nc1ccccc1F. The van der Waals surface area contributed by atoms with Crippen LogP contribution in [0.2, 0.25) is 0 Å². The van der Waals surface area contributed by atoms with E-state index in [1.165, 1.54) is 24.3 Å². The summed E-state index contributed by atoms with van der Waals surface area (Å²) in [6.07, 6.45) is 2.60. The number of amides is 3. The Bertz CT molecular complexity index is 1350. The molecule has 192 valence electrons. The molecule has 37 heavy (non-hydrogen) atoms. The van der Waals surface area contributed by atoms with Crippen molar-refractivity contribution in [3.8, 4) is 0 Å². The molecule has 2 aromatic heterocycles. The third-order valence-electron chi connectivity index (χ3n) is 5.75. The van der Waals surface area contributed by atoms with Crippen molar-refractivity contribution in [1.29, 1.82) is 0 Å². The predicted octanol–water partition coefficient (Wildman–Crippen LogP) is 5.78. The maximum absolute atomic E-state index is 14.0. The van der Waals surface area contributed by atoms with Crippen molar-refractivity contribution in [2.75, 3.05) is 11.9 Å². The lowest BCUT2D eigenvalue weighted by atomic mass is 10.2. The van der Waals surface area contributed by atoms with Gasteiger partial charge in [0.1, 0.15) is 17.4 Å². The van der Waals surface area contributed by atoms with E-state index in [4.69, 9.17) is 4.42 Å². The lowest BCUT2D eigenvalue weighted by molar-refractivity contribution is 0.0921. The van der Waals surface area contributed by atoms with Gasteiger partial charge in [0.15, 0.2) is 5.76 Å². The van der Waals surface area contributed by atoms with Crippen LogP contribution in [0, 0.1) is 11.6 Å². The molecular weight excluding hydrogens is 478 g/mol. The maximum atomic E-state index is 14.0. The number of carbonyl (C=O) groups is 2. The molecule has 3 amide bonds. The number of benzene rings is 2. The lowest BCUT2D eigenvalue weighted by Gasteiger charge is -2.23. The normalized spacial score (nSPS) is 10.8. The highest BCUT2D eigenvalue weighted by Crippen LogP contribution is 2.17. The molecule has 0 aliphatic rings. The van der Waals surface area contributed by atoms with Crippen molar-refractivity contribution in [3.63, 3.8) is 0 Å². The van der Waals surface area contributed by atoms with Gasteiger partial charge in [0.05, 0.1) is 18.8 Å². The first kappa shape index (κ1) is 25.7. The topological polar surface area (TPSA) is 79.5 Å². The third kappa shape index (κ3) is 6.84. The van der Waals surface area contributed by atoms with Crippen LogP contribution in [0.1, 0.15) is 40.9 Å². The summed E-state index contributed by atoms with van der Waals surface area (Å²) in [5.41, 5.74) is 1.76. The molecule has 4 rings (SSSR count). The number of nitrogens with zero attached hydrogens (tertiary/aromatic N) is 2. The molecule has 2 heterocycles. The zero-order valence-corrected chi connectivity index (χ0v) is 20.4. The molecule has 0 radical (unpaired) electrons. The summed E-state index contributed by atoms with van der Waals surface area (Å²) < 4.78 is 34.7. The molecule has 7 nitrogen and oxygen atoms in total. The summed E-state index contributed by atoms with van der Waals surface area (Å²) in [5.74, 6) is -0.461. The largest absolute Gasteiger partial charge is 0.454 e. The van der Waals surface area contributed by atoms with E-state index in [0.717, 1.165) is 17.7 Å². The quantitative estimate of drug-likeness (QED) is 0.286. The first-order chi connectivity index (χ1) is 17.9. The Labute approximate surface area is 213 Å². The number of urea groups is 1. The van der Waals surface area contributed by atoms with E-state index in [1.807, 2.05) is 29.8 Å².